The Morgan fingerprint density at radius 3 is 2.65 bits per heavy atom. The number of hydrogen-bond donors (Lipinski definition) is 2. The maximum absolute atomic E-state index is 12.7. The highest BCUT2D eigenvalue weighted by atomic mass is 35.5. The van der Waals surface area contributed by atoms with Crippen LogP contribution < -0.4 is 10.6 Å². The number of aromatic nitrogens is 2. The standard InChI is InChI=1S/C19H23ClN4O2/c1-2-10-21-19(26)17-23-16(15-5-3-4-11-24(15)17)18(25)22-12-13-6-8-14(20)9-7-13/h6-9H,2-5,10-12H2,1H3,(H,21,26)(H,22,25). The van der Waals surface area contributed by atoms with Gasteiger partial charge in [-0.15, -0.1) is 0 Å². The first-order valence-corrected chi connectivity index (χ1v) is 9.38. The average molecular weight is 375 g/mol. The second kappa shape index (κ2) is 8.36. The summed E-state index contributed by atoms with van der Waals surface area (Å²) in [5, 5.41) is 6.40. The van der Waals surface area contributed by atoms with Crippen LogP contribution in [0.4, 0.5) is 0 Å². The zero-order chi connectivity index (χ0) is 18.5. The zero-order valence-corrected chi connectivity index (χ0v) is 15.6. The Morgan fingerprint density at radius 2 is 1.92 bits per heavy atom. The molecule has 1 aromatic carbocycles. The number of amides is 2. The molecule has 1 aliphatic heterocycles. The SMILES string of the molecule is CCCNC(=O)c1nc(C(=O)NCc2ccc(Cl)cc2)c2n1CCCC2. The largest absolute Gasteiger partial charge is 0.349 e. The number of nitrogens with zero attached hydrogens (tertiary/aromatic N) is 2. The van der Waals surface area contributed by atoms with Crippen molar-refractivity contribution in [3.63, 3.8) is 0 Å². The topological polar surface area (TPSA) is 76.0 Å². The first-order chi connectivity index (χ1) is 12.6. The van der Waals surface area contributed by atoms with E-state index in [1.807, 2.05) is 23.6 Å². The van der Waals surface area contributed by atoms with Gasteiger partial charge in [-0.05, 0) is 43.4 Å². The van der Waals surface area contributed by atoms with E-state index in [4.69, 9.17) is 11.6 Å². The van der Waals surface area contributed by atoms with Crippen LogP contribution in [0, 0.1) is 0 Å². The number of rotatable bonds is 6. The summed E-state index contributed by atoms with van der Waals surface area (Å²) in [6, 6.07) is 7.32. The van der Waals surface area contributed by atoms with Crippen molar-refractivity contribution in [2.75, 3.05) is 6.54 Å². The zero-order valence-electron chi connectivity index (χ0n) is 14.8. The molecule has 0 saturated carbocycles. The van der Waals surface area contributed by atoms with Crippen LogP contribution in [0.1, 0.15) is 58.6 Å². The minimum Gasteiger partial charge on any atom is -0.349 e. The smallest absolute Gasteiger partial charge is 0.287 e. The van der Waals surface area contributed by atoms with E-state index in [2.05, 4.69) is 15.6 Å². The van der Waals surface area contributed by atoms with Crippen molar-refractivity contribution < 1.29 is 9.59 Å². The molecule has 1 aliphatic rings. The Kier molecular flexibility index (Phi) is 5.93. The number of imidazole rings is 1. The molecule has 7 heteroatoms. The molecular formula is C19H23ClN4O2. The lowest BCUT2D eigenvalue weighted by molar-refractivity contribution is 0.0937. The number of nitrogens with one attached hydrogen (secondary N) is 2. The average Bonchev–Trinajstić information content (AvgIpc) is 3.05. The molecule has 2 N–H and O–H groups in total. The summed E-state index contributed by atoms with van der Waals surface area (Å²) >= 11 is 5.88. The quantitative estimate of drug-likeness (QED) is 0.816. The van der Waals surface area contributed by atoms with Gasteiger partial charge in [-0.25, -0.2) is 4.98 Å². The maximum Gasteiger partial charge on any atom is 0.287 e. The fourth-order valence-electron chi connectivity index (χ4n) is 3.08. The van der Waals surface area contributed by atoms with E-state index < -0.39 is 0 Å². The minimum atomic E-state index is -0.250. The lowest BCUT2D eigenvalue weighted by atomic mass is 10.1. The summed E-state index contributed by atoms with van der Waals surface area (Å²) in [5.74, 6) is -0.128. The lowest BCUT2D eigenvalue weighted by Gasteiger charge is -2.17. The number of benzene rings is 1. The van der Waals surface area contributed by atoms with E-state index in [-0.39, 0.29) is 11.8 Å². The van der Waals surface area contributed by atoms with Crippen molar-refractivity contribution >= 4 is 23.4 Å². The molecule has 0 spiro atoms. The molecule has 1 aromatic heterocycles. The first-order valence-electron chi connectivity index (χ1n) is 9.00. The van der Waals surface area contributed by atoms with Gasteiger partial charge in [-0.2, -0.15) is 0 Å². The Labute approximate surface area is 157 Å². The molecule has 2 aromatic rings. The summed E-state index contributed by atoms with van der Waals surface area (Å²) in [7, 11) is 0. The minimum absolute atomic E-state index is 0.216. The third kappa shape index (κ3) is 4.07. The Balaban J connectivity index is 1.77. The third-order valence-corrected chi connectivity index (χ3v) is 4.69. The highest BCUT2D eigenvalue weighted by molar-refractivity contribution is 6.30. The molecular weight excluding hydrogens is 352 g/mol. The van der Waals surface area contributed by atoms with E-state index in [0.29, 0.717) is 29.6 Å². The van der Waals surface area contributed by atoms with Gasteiger partial charge in [0.2, 0.25) is 0 Å². The van der Waals surface area contributed by atoms with Gasteiger partial charge in [0.25, 0.3) is 11.8 Å². The van der Waals surface area contributed by atoms with E-state index in [9.17, 15) is 9.59 Å². The van der Waals surface area contributed by atoms with Crippen molar-refractivity contribution in [1.29, 1.82) is 0 Å². The van der Waals surface area contributed by atoms with Crippen LogP contribution in [-0.2, 0) is 19.5 Å². The van der Waals surface area contributed by atoms with E-state index >= 15 is 0 Å². The van der Waals surface area contributed by atoms with Gasteiger partial charge in [-0.1, -0.05) is 30.7 Å². The van der Waals surface area contributed by atoms with E-state index in [0.717, 1.165) is 43.5 Å². The van der Waals surface area contributed by atoms with Crippen LogP contribution in [0.5, 0.6) is 0 Å². The second-order valence-corrected chi connectivity index (χ2v) is 6.84. The molecule has 0 bridgehead atoms. The van der Waals surface area contributed by atoms with Gasteiger partial charge < -0.3 is 15.2 Å². The van der Waals surface area contributed by atoms with Crippen molar-refractivity contribution in [3.05, 3.63) is 52.1 Å². The van der Waals surface area contributed by atoms with Crippen molar-refractivity contribution in [2.24, 2.45) is 0 Å². The summed E-state index contributed by atoms with van der Waals surface area (Å²) in [5.41, 5.74) is 2.17. The highest BCUT2D eigenvalue weighted by Gasteiger charge is 2.27. The van der Waals surface area contributed by atoms with Gasteiger partial charge in [0, 0.05) is 24.7 Å². The fraction of sp³-hybridized carbons (Fsp3) is 0.421. The van der Waals surface area contributed by atoms with Gasteiger partial charge >= 0.3 is 0 Å². The number of fused-ring (bicyclic) bond motifs is 1. The highest BCUT2D eigenvalue weighted by Crippen LogP contribution is 2.21. The Hall–Kier alpha value is -2.34. The van der Waals surface area contributed by atoms with Crippen LogP contribution >= 0.6 is 11.6 Å². The molecule has 0 aliphatic carbocycles. The number of halogens is 1. The van der Waals surface area contributed by atoms with Crippen molar-refractivity contribution in [2.45, 2.75) is 45.7 Å². The van der Waals surface area contributed by atoms with Gasteiger partial charge in [-0.3, -0.25) is 9.59 Å². The van der Waals surface area contributed by atoms with Crippen LogP contribution in [0.25, 0.3) is 0 Å². The summed E-state index contributed by atoms with van der Waals surface area (Å²) < 4.78 is 1.89. The maximum atomic E-state index is 12.7. The third-order valence-electron chi connectivity index (χ3n) is 4.44. The van der Waals surface area contributed by atoms with Crippen LogP contribution in [0.3, 0.4) is 0 Å². The Morgan fingerprint density at radius 1 is 1.15 bits per heavy atom. The molecule has 26 heavy (non-hydrogen) atoms. The Bertz CT molecular complexity index is 799. The first kappa shape index (κ1) is 18.5. The molecule has 6 nitrogen and oxygen atoms in total. The number of carbonyl (C=O) groups is 2. The second-order valence-electron chi connectivity index (χ2n) is 6.40. The monoisotopic (exact) mass is 374 g/mol. The predicted molar refractivity (Wildman–Crippen MR) is 100 cm³/mol. The van der Waals surface area contributed by atoms with Crippen LogP contribution in [-0.4, -0.2) is 27.9 Å². The molecule has 2 heterocycles. The molecule has 3 rings (SSSR count). The molecule has 2 amide bonds. The fourth-order valence-corrected chi connectivity index (χ4v) is 3.21. The predicted octanol–water partition coefficient (Wildman–Crippen LogP) is 2.94. The number of carbonyl (C=O) groups excluding carboxylic acids is 2. The van der Waals surface area contributed by atoms with Gasteiger partial charge in [0.05, 0.1) is 5.69 Å². The molecule has 0 radical (unpaired) electrons. The van der Waals surface area contributed by atoms with Gasteiger partial charge in [0.15, 0.2) is 5.82 Å². The molecule has 0 atom stereocenters. The summed E-state index contributed by atoms with van der Waals surface area (Å²) in [6.07, 6.45) is 3.61. The molecule has 138 valence electrons. The molecule has 0 fully saturated rings. The lowest BCUT2D eigenvalue weighted by Crippen LogP contribution is -2.28. The van der Waals surface area contributed by atoms with Crippen LogP contribution in [0.15, 0.2) is 24.3 Å². The van der Waals surface area contributed by atoms with Crippen molar-refractivity contribution in [3.8, 4) is 0 Å². The number of hydrogen-bond acceptors (Lipinski definition) is 3. The summed E-state index contributed by atoms with van der Waals surface area (Å²) in [4.78, 5) is 29.4. The van der Waals surface area contributed by atoms with Crippen molar-refractivity contribution in [1.82, 2.24) is 20.2 Å². The summed E-state index contributed by atoms with van der Waals surface area (Å²) in [6.45, 7) is 3.71. The van der Waals surface area contributed by atoms with E-state index in [1.165, 1.54) is 0 Å². The van der Waals surface area contributed by atoms with Crippen LogP contribution in [0.2, 0.25) is 5.02 Å². The molecule has 0 unspecified atom stereocenters. The molecule has 0 saturated heterocycles. The van der Waals surface area contributed by atoms with Gasteiger partial charge in [0.1, 0.15) is 5.69 Å². The van der Waals surface area contributed by atoms with E-state index in [1.54, 1.807) is 12.1 Å². The normalized spacial score (nSPS) is 13.2.